The molecule has 0 bridgehead atoms. The summed E-state index contributed by atoms with van der Waals surface area (Å²) in [6, 6.07) is 9.08. The summed E-state index contributed by atoms with van der Waals surface area (Å²) in [5.74, 6) is 1.26. The minimum atomic E-state index is 0.426. The molecular formula is C24H29N7O. The summed E-state index contributed by atoms with van der Waals surface area (Å²) in [6.07, 6.45) is 5.23. The number of amides is 1. The number of benzene rings is 1. The van der Waals surface area contributed by atoms with Crippen LogP contribution in [-0.4, -0.2) is 63.7 Å². The van der Waals surface area contributed by atoms with Crippen LogP contribution in [0, 0.1) is 20.8 Å². The smallest absolute Gasteiger partial charge is 0.212 e. The number of carbonyl (C=O) groups excluding carboxylic acids is 1. The number of nitrogens with zero attached hydrogens (tertiary/aromatic N) is 6. The maximum absolute atomic E-state index is 11.3. The predicted octanol–water partition coefficient (Wildman–Crippen LogP) is 2.76. The van der Waals surface area contributed by atoms with Crippen molar-refractivity contribution in [3.63, 3.8) is 0 Å². The number of carbonyl (C=O) groups is 1. The number of amidine groups is 1. The lowest BCUT2D eigenvalue weighted by atomic mass is 10.1. The number of anilines is 1. The van der Waals surface area contributed by atoms with Crippen LogP contribution in [0.3, 0.4) is 0 Å². The summed E-state index contributed by atoms with van der Waals surface area (Å²) in [6.45, 7) is 10.3. The van der Waals surface area contributed by atoms with Gasteiger partial charge in [-0.05, 0) is 57.4 Å². The number of aromatic nitrogens is 3. The van der Waals surface area contributed by atoms with Gasteiger partial charge >= 0.3 is 0 Å². The highest BCUT2D eigenvalue weighted by Gasteiger charge is 2.31. The molecule has 0 spiro atoms. The van der Waals surface area contributed by atoms with E-state index in [1.165, 1.54) is 18.5 Å². The lowest BCUT2D eigenvalue weighted by Crippen LogP contribution is -2.47. The molecular weight excluding hydrogens is 402 g/mol. The molecule has 8 heteroatoms. The van der Waals surface area contributed by atoms with E-state index in [1.54, 1.807) is 0 Å². The van der Waals surface area contributed by atoms with Crippen molar-refractivity contribution < 1.29 is 4.79 Å². The van der Waals surface area contributed by atoms with Gasteiger partial charge in [0.05, 0.1) is 5.69 Å². The molecule has 1 saturated carbocycles. The molecule has 1 saturated heterocycles. The molecule has 0 unspecified atom stereocenters. The molecule has 5 rings (SSSR count). The number of aryl methyl sites for hydroxylation is 3. The monoisotopic (exact) mass is 431 g/mol. The first-order valence-corrected chi connectivity index (χ1v) is 11.2. The number of nitrogens with one attached hydrogen (secondary N) is 1. The zero-order valence-corrected chi connectivity index (χ0v) is 18.9. The molecule has 32 heavy (non-hydrogen) atoms. The van der Waals surface area contributed by atoms with Gasteiger partial charge in [-0.3, -0.25) is 14.1 Å². The molecule has 1 aliphatic carbocycles. The minimum absolute atomic E-state index is 0.426. The van der Waals surface area contributed by atoms with Crippen LogP contribution in [0.5, 0.6) is 0 Å². The Morgan fingerprint density at radius 3 is 2.56 bits per heavy atom. The molecule has 8 nitrogen and oxygen atoms in total. The second-order valence-electron chi connectivity index (χ2n) is 8.75. The summed E-state index contributed by atoms with van der Waals surface area (Å²) in [5, 5.41) is 2.73. The van der Waals surface area contributed by atoms with Gasteiger partial charge in [0, 0.05) is 55.9 Å². The van der Waals surface area contributed by atoms with Gasteiger partial charge in [-0.25, -0.2) is 15.0 Å². The quantitative estimate of drug-likeness (QED) is 0.382. The highest BCUT2D eigenvalue weighted by atomic mass is 16.1. The van der Waals surface area contributed by atoms with E-state index < -0.39 is 0 Å². The predicted molar refractivity (Wildman–Crippen MR) is 126 cm³/mol. The second kappa shape index (κ2) is 8.35. The van der Waals surface area contributed by atoms with Gasteiger partial charge in [0.15, 0.2) is 5.84 Å². The first kappa shape index (κ1) is 20.6. The number of aliphatic imine (C=N–C) groups is 1. The van der Waals surface area contributed by atoms with Crippen LogP contribution in [0.1, 0.15) is 35.6 Å². The lowest BCUT2D eigenvalue weighted by molar-refractivity contribution is -0.108. The highest BCUT2D eigenvalue weighted by Crippen LogP contribution is 2.30. The van der Waals surface area contributed by atoms with E-state index in [2.05, 4.69) is 44.1 Å². The number of hydrogen-bond acceptors (Lipinski definition) is 6. The van der Waals surface area contributed by atoms with E-state index in [9.17, 15) is 4.79 Å². The lowest BCUT2D eigenvalue weighted by Gasteiger charge is -2.36. The molecule has 3 heterocycles. The zero-order chi connectivity index (χ0) is 22.2. The Kier molecular flexibility index (Phi) is 5.38. The average Bonchev–Trinajstić information content (AvgIpc) is 3.54. The first-order valence-electron chi connectivity index (χ1n) is 11.2. The van der Waals surface area contributed by atoms with Crippen molar-refractivity contribution in [3.05, 3.63) is 53.2 Å². The third kappa shape index (κ3) is 4.10. The number of hydrogen-bond donors (Lipinski definition) is 1. The van der Waals surface area contributed by atoms with E-state index in [1.807, 2.05) is 36.6 Å². The molecule has 1 N–H and O–H groups in total. The molecule has 166 valence electrons. The SMILES string of the molecule is Cc1cc2nc(/C(=N/c3ccc(N4CCN(C5CC5)CC4)cc3C)NC=O)cn2c(C)n1. The van der Waals surface area contributed by atoms with Gasteiger partial charge in [-0.1, -0.05) is 0 Å². The topological polar surface area (TPSA) is 78.1 Å². The minimum Gasteiger partial charge on any atom is -0.369 e. The van der Waals surface area contributed by atoms with E-state index in [0.29, 0.717) is 17.9 Å². The number of fused-ring (bicyclic) bond motifs is 1. The summed E-state index contributed by atoms with van der Waals surface area (Å²) in [4.78, 5) is 30.2. The van der Waals surface area contributed by atoms with Crippen molar-refractivity contribution in [3.8, 4) is 0 Å². The van der Waals surface area contributed by atoms with Crippen molar-refractivity contribution in [1.82, 2.24) is 24.6 Å². The maximum atomic E-state index is 11.3. The van der Waals surface area contributed by atoms with Crippen molar-refractivity contribution in [2.75, 3.05) is 31.1 Å². The van der Waals surface area contributed by atoms with Gasteiger partial charge in [0.2, 0.25) is 6.41 Å². The molecule has 0 radical (unpaired) electrons. The van der Waals surface area contributed by atoms with E-state index >= 15 is 0 Å². The van der Waals surface area contributed by atoms with E-state index in [0.717, 1.165) is 60.6 Å². The number of rotatable bonds is 5. The molecule has 0 atom stereocenters. The van der Waals surface area contributed by atoms with Gasteiger partial charge in [-0.2, -0.15) is 0 Å². The molecule has 1 aliphatic heterocycles. The van der Waals surface area contributed by atoms with Crippen LogP contribution < -0.4 is 10.2 Å². The zero-order valence-electron chi connectivity index (χ0n) is 18.9. The standard InChI is InChI=1S/C24H29N7O/c1-16-12-20(30-10-8-29(9-11-30)19-4-5-19)6-7-21(16)28-24(25-15-32)22-14-31-18(3)26-17(2)13-23(31)27-22/h6-7,12-15,19H,4-5,8-11H2,1-3H3,(H,25,28,32). The van der Waals surface area contributed by atoms with Crippen molar-refractivity contribution >= 4 is 29.3 Å². The van der Waals surface area contributed by atoms with Crippen LogP contribution >= 0.6 is 0 Å². The molecule has 3 aromatic rings. The first-order chi connectivity index (χ1) is 15.5. The van der Waals surface area contributed by atoms with Crippen molar-refractivity contribution in [2.45, 2.75) is 39.7 Å². The Morgan fingerprint density at radius 2 is 1.88 bits per heavy atom. The highest BCUT2D eigenvalue weighted by molar-refractivity contribution is 6.04. The molecule has 1 amide bonds. The Labute approximate surface area is 188 Å². The van der Waals surface area contributed by atoms with Crippen LogP contribution in [0.15, 0.2) is 35.5 Å². The van der Waals surface area contributed by atoms with Crippen LogP contribution in [0.25, 0.3) is 5.65 Å². The fraction of sp³-hybridized carbons (Fsp3) is 0.417. The van der Waals surface area contributed by atoms with Gasteiger partial charge in [0.25, 0.3) is 0 Å². The maximum Gasteiger partial charge on any atom is 0.212 e. The fourth-order valence-electron chi connectivity index (χ4n) is 4.48. The van der Waals surface area contributed by atoms with Gasteiger partial charge in [0.1, 0.15) is 17.2 Å². The normalized spacial score (nSPS) is 17.7. The third-order valence-corrected chi connectivity index (χ3v) is 6.35. The van der Waals surface area contributed by atoms with Gasteiger partial charge in [-0.15, -0.1) is 0 Å². The summed E-state index contributed by atoms with van der Waals surface area (Å²) in [7, 11) is 0. The van der Waals surface area contributed by atoms with Crippen LogP contribution in [0.2, 0.25) is 0 Å². The molecule has 2 aromatic heterocycles. The summed E-state index contributed by atoms with van der Waals surface area (Å²) >= 11 is 0. The Hall–Kier alpha value is -3.26. The van der Waals surface area contributed by atoms with Crippen molar-refractivity contribution in [1.29, 1.82) is 0 Å². The van der Waals surface area contributed by atoms with E-state index in [4.69, 9.17) is 4.99 Å². The molecule has 2 fully saturated rings. The number of piperazine rings is 1. The number of imidazole rings is 1. The van der Waals surface area contributed by atoms with Crippen LogP contribution in [-0.2, 0) is 4.79 Å². The Morgan fingerprint density at radius 1 is 1.09 bits per heavy atom. The van der Waals surface area contributed by atoms with E-state index in [-0.39, 0.29) is 0 Å². The average molecular weight is 432 g/mol. The van der Waals surface area contributed by atoms with Crippen molar-refractivity contribution in [2.24, 2.45) is 4.99 Å². The van der Waals surface area contributed by atoms with Gasteiger partial charge < -0.3 is 10.2 Å². The molecule has 2 aliphatic rings. The summed E-state index contributed by atoms with van der Waals surface area (Å²) in [5.41, 5.74) is 5.40. The van der Waals surface area contributed by atoms with Crippen LogP contribution in [0.4, 0.5) is 11.4 Å². The largest absolute Gasteiger partial charge is 0.369 e. The summed E-state index contributed by atoms with van der Waals surface area (Å²) < 4.78 is 1.90. The fourth-order valence-corrected chi connectivity index (χ4v) is 4.48. The Balaban J connectivity index is 1.40. The Bertz CT molecular complexity index is 1190. The molecule has 1 aromatic carbocycles. The second-order valence-corrected chi connectivity index (χ2v) is 8.75. The third-order valence-electron chi connectivity index (χ3n) is 6.35.